The van der Waals surface area contributed by atoms with Gasteiger partial charge in [0.2, 0.25) is 0 Å². The van der Waals surface area contributed by atoms with Crippen LogP contribution in [0, 0.1) is 24.0 Å². The summed E-state index contributed by atoms with van der Waals surface area (Å²) in [6.45, 7) is 3.62. The van der Waals surface area contributed by atoms with E-state index in [1.165, 1.54) is 18.3 Å². The van der Waals surface area contributed by atoms with Crippen LogP contribution >= 0.6 is 15.9 Å². The molecule has 1 aromatic heterocycles. The van der Waals surface area contributed by atoms with E-state index in [2.05, 4.69) is 26.5 Å². The number of nitrogens with zero attached hydrogens (tertiary/aromatic N) is 3. The zero-order valence-corrected chi connectivity index (χ0v) is 17.9. The molecule has 0 atom stereocenters. The number of carbonyl (C=O) groups excluding carboxylic acids is 1. The predicted octanol–water partition coefficient (Wildman–Crippen LogP) is 4.29. The Morgan fingerprint density at radius 2 is 1.97 bits per heavy atom. The Labute approximate surface area is 181 Å². The van der Waals surface area contributed by atoms with E-state index in [1.54, 1.807) is 24.3 Å². The quantitative estimate of drug-likeness (QED) is 0.316. The highest BCUT2D eigenvalue weighted by Crippen LogP contribution is 2.23. The molecule has 0 radical (unpaired) electrons. The first-order valence-corrected chi connectivity index (χ1v) is 9.78. The number of hydrogen-bond acceptors (Lipinski definition) is 5. The van der Waals surface area contributed by atoms with Crippen LogP contribution in [0.2, 0.25) is 0 Å². The lowest BCUT2D eigenvalue weighted by Crippen LogP contribution is -2.24. The number of hydrazone groups is 1. The van der Waals surface area contributed by atoms with Crippen molar-refractivity contribution in [2.45, 2.75) is 13.8 Å². The number of hydrogen-bond donors (Lipinski definition) is 1. The third-order valence-electron chi connectivity index (χ3n) is 4.35. The van der Waals surface area contributed by atoms with Crippen molar-refractivity contribution in [1.82, 2.24) is 9.99 Å². The van der Waals surface area contributed by atoms with Gasteiger partial charge in [-0.2, -0.15) is 5.10 Å². The molecule has 0 saturated carbocycles. The van der Waals surface area contributed by atoms with E-state index in [0.29, 0.717) is 11.4 Å². The molecule has 30 heavy (non-hydrogen) atoms. The second-order valence-corrected chi connectivity index (χ2v) is 7.39. The third-order valence-corrected chi connectivity index (χ3v) is 4.87. The summed E-state index contributed by atoms with van der Waals surface area (Å²) in [6, 6.07) is 15.5. The van der Waals surface area contributed by atoms with Gasteiger partial charge in [-0.3, -0.25) is 14.9 Å². The standard InChI is InChI=1S/C21H19BrN4O4/c1-14-10-16(15(2)25(14)18-4-3-5-19(11-18)26(28)29)12-23-24-21(27)13-30-20-8-6-17(22)7-9-20/h3-12H,13H2,1-2H3,(H,24,27)/b23-12-. The lowest BCUT2D eigenvalue weighted by molar-refractivity contribution is -0.384. The summed E-state index contributed by atoms with van der Waals surface area (Å²) >= 11 is 3.33. The zero-order chi connectivity index (χ0) is 21.7. The van der Waals surface area contributed by atoms with Gasteiger partial charge in [0.05, 0.1) is 16.8 Å². The van der Waals surface area contributed by atoms with Gasteiger partial charge in [-0.25, -0.2) is 5.43 Å². The van der Waals surface area contributed by atoms with Gasteiger partial charge in [-0.05, 0) is 50.2 Å². The van der Waals surface area contributed by atoms with Crippen molar-refractivity contribution in [3.8, 4) is 11.4 Å². The molecule has 2 aromatic carbocycles. The predicted molar refractivity (Wildman–Crippen MR) is 117 cm³/mol. The number of non-ortho nitro benzene ring substituents is 1. The Hall–Kier alpha value is -3.46. The van der Waals surface area contributed by atoms with Gasteiger partial charge in [-0.15, -0.1) is 0 Å². The maximum atomic E-state index is 11.9. The summed E-state index contributed by atoms with van der Waals surface area (Å²) in [5.41, 5.74) is 5.66. The third kappa shape index (κ3) is 5.12. The van der Waals surface area contributed by atoms with E-state index in [1.807, 2.05) is 36.6 Å². The molecule has 1 heterocycles. The molecule has 0 aliphatic heterocycles. The average Bonchev–Trinajstić information content (AvgIpc) is 3.01. The van der Waals surface area contributed by atoms with Crippen LogP contribution in [-0.2, 0) is 4.79 Å². The molecule has 0 aliphatic rings. The molecule has 0 saturated heterocycles. The number of rotatable bonds is 7. The minimum atomic E-state index is -0.425. The number of benzene rings is 2. The van der Waals surface area contributed by atoms with E-state index >= 15 is 0 Å². The van der Waals surface area contributed by atoms with E-state index in [0.717, 1.165) is 21.4 Å². The average molecular weight is 471 g/mol. The monoisotopic (exact) mass is 470 g/mol. The zero-order valence-electron chi connectivity index (χ0n) is 16.3. The molecule has 3 aromatic rings. The number of nitrogens with one attached hydrogen (secondary N) is 1. The van der Waals surface area contributed by atoms with E-state index in [4.69, 9.17) is 4.74 Å². The molecular weight excluding hydrogens is 452 g/mol. The number of halogens is 1. The molecule has 8 nitrogen and oxygen atoms in total. The molecular formula is C21H19BrN4O4. The number of amides is 1. The summed E-state index contributed by atoms with van der Waals surface area (Å²) in [5, 5.41) is 15.0. The van der Waals surface area contributed by atoms with Gasteiger partial charge in [-0.1, -0.05) is 22.0 Å². The fraction of sp³-hybridized carbons (Fsp3) is 0.143. The smallest absolute Gasteiger partial charge is 0.277 e. The lowest BCUT2D eigenvalue weighted by atomic mass is 10.2. The number of ether oxygens (including phenoxy) is 1. The first kappa shape index (κ1) is 21.3. The SMILES string of the molecule is Cc1cc(/C=N\NC(=O)COc2ccc(Br)cc2)c(C)n1-c1cccc([N+](=O)[O-])c1. The van der Waals surface area contributed by atoms with Crippen molar-refractivity contribution in [3.05, 3.63) is 86.1 Å². The minimum Gasteiger partial charge on any atom is -0.484 e. The second-order valence-electron chi connectivity index (χ2n) is 6.47. The molecule has 0 unspecified atom stereocenters. The summed E-state index contributed by atoms with van der Waals surface area (Å²) in [4.78, 5) is 22.5. The van der Waals surface area contributed by atoms with Crippen molar-refractivity contribution in [3.63, 3.8) is 0 Å². The summed E-state index contributed by atoms with van der Waals surface area (Å²) in [6.07, 6.45) is 1.54. The molecule has 154 valence electrons. The number of carbonyl (C=O) groups is 1. The van der Waals surface area contributed by atoms with Gasteiger partial charge in [0.15, 0.2) is 6.61 Å². The number of nitro benzene ring substituents is 1. The van der Waals surface area contributed by atoms with Gasteiger partial charge in [0, 0.05) is 33.6 Å². The molecule has 1 N–H and O–H groups in total. The highest BCUT2D eigenvalue weighted by atomic mass is 79.9. The Kier molecular flexibility index (Phi) is 6.63. The van der Waals surface area contributed by atoms with Crippen molar-refractivity contribution in [1.29, 1.82) is 0 Å². The Bertz CT molecular complexity index is 1110. The first-order valence-electron chi connectivity index (χ1n) is 8.99. The number of aromatic nitrogens is 1. The van der Waals surface area contributed by atoms with Crippen LogP contribution in [0.5, 0.6) is 5.75 Å². The first-order chi connectivity index (χ1) is 14.3. The van der Waals surface area contributed by atoms with Crippen LogP contribution < -0.4 is 10.2 Å². The van der Waals surface area contributed by atoms with Crippen LogP contribution in [0.15, 0.2) is 64.2 Å². The Morgan fingerprint density at radius 3 is 2.67 bits per heavy atom. The molecule has 0 bridgehead atoms. The number of nitro groups is 1. The summed E-state index contributed by atoms with van der Waals surface area (Å²) in [5.74, 6) is 0.194. The van der Waals surface area contributed by atoms with Crippen LogP contribution in [0.25, 0.3) is 5.69 Å². The van der Waals surface area contributed by atoms with Crippen molar-refractivity contribution < 1.29 is 14.5 Å². The fourth-order valence-electron chi connectivity index (χ4n) is 2.95. The van der Waals surface area contributed by atoms with Gasteiger partial charge >= 0.3 is 0 Å². The van der Waals surface area contributed by atoms with E-state index in [-0.39, 0.29) is 18.2 Å². The van der Waals surface area contributed by atoms with Crippen LogP contribution in [0.4, 0.5) is 5.69 Å². The maximum Gasteiger partial charge on any atom is 0.277 e. The topological polar surface area (TPSA) is 98.8 Å². The largest absolute Gasteiger partial charge is 0.484 e. The van der Waals surface area contributed by atoms with Gasteiger partial charge in [0.25, 0.3) is 11.6 Å². The van der Waals surface area contributed by atoms with E-state index < -0.39 is 4.92 Å². The second kappa shape index (κ2) is 9.36. The molecule has 0 spiro atoms. The molecule has 0 fully saturated rings. The van der Waals surface area contributed by atoms with Gasteiger partial charge < -0.3 is 9.30 Å². The van der Waals surface area contributed by atoms with Crippen molar-refractivity contribution in [2.24, 2.45) is 5.10 Å². The molecule has 3 rings (SSSR count). The van der Waals surface area contributed by atoms with E-state index in [9.17, 15) is 14.9 Å². The van der Waals surface area contributed by atoms with Crippen molar-refractivity contribution in [2.75, 3.05) is 6.61 Å². The minimum absolute atomic E-state index is 0.0215. The summed E-state index contributed by atoms with van der Waals surface area (Å²) < 4.78 is 8.21. The normalized spacial score (nSPS) is 10.9. The Balaban J connectivity index is 1.65. The van der Waals surface area contributed by atoms with Crippen LogP contribution in [0.3, 0.4) is 0 Å². The Morgan fingerprint density at radius 1 is 1.23 bits per heavy atom. The fourth-order valence-corrected chi connectivity index (χ4v) is 3.21. The van der Waals surface area contributed by atoms with Crippen LogP contribution in [-0.4, -0.2) is 28.2 Å². The van der Waals surface area contributed by atoms with Gasteiger partial charge in [0.1, 0.15) is 5.75 Å². The highest BCUT2D eigenvalue weighted by molar-refractivity contribution is 9.10. The van der Waals surface area contributed by atoms with Crippen LogP contribution in [0.1, 0.15) is 17.0 Å². The maximum absolute atomic E-state index is 11.9. The number of aryl methyl sites for hydroxylation is 1. The lowest BCUT2D eigenvalue weighted by Gasteiger charge is -2.09. The summed E-state index contributed by atoms with van der Waals surface area (Å²) in [7, 11) is 0. The molecule has 1 amide bonds. The molecule has 9 heteroatoms. The van der Waals surface area contributed by atoms with Crippen molar-refractivity contribution >= 4 is 33.7 Å². The highest BCUT2D eigenvalue weighted by Gasteiger charge is 2.13. The molecule has 0 aliphatic carbocycles.